The van der Waals surface area contributed by atoms with E-state index in [0.29, 0.717) is 39.3 Å². The molecule has 14 heteroatoms. The van der Waals surface area contributed by atoms with Crippen molar-refractivity contribution in [1.82, 2.24) is 27.1 Å². The van der Waals surface area contributed by atoms with E-state index in [-0.39, 0.29) is 24.7 Å². The standard InChI is InChI=1S/C18H31N7O5S2/c1-20(2)31(27,28)24-11-7-22(8-12-24)16-5-6-19-17(15-16)18(26)23-9-13-25(14-10-23)32(29,30)21(3)4/h5-6,15H,7-14H2,1-4H3. The van der Waals surface area contributed by atoms with Crippen LogP contribution in [0.2, 0.25) is 0 Å². The van der Waals surface area contributed by atoms with Crippen LogP contribution in [0.5, 0.6) is 0 Å². The normalized spacial score (nSPS) is 19.7. The van der Waals surface area contributed by atoms with Crippen LogP contribution in [0.3, 0.4) is 0 Å². The van der Waals surface area contributed by atoms with Crippen LogP contribution in [0.1, 0.15) is 10.5 Å². The van der Waals surface area contributed by atoms with Crippen LogP contribution in [0.4, 0.5) is 5.69 Å². The van der Waals surface area contributed by atoms with Crippen LogP contribution < -0.4 is 4.90 Å². The van der Waals surface area contributed by atoms with Gasteiger partial charge in [-0.15, -0.1) is 0 Å². The molecule has 2 fully saturated rings. The number of carbonyl (C=O) groups is 1. The van der Waals surface area contributed by atoms with E-state index in [1.807, 2.05) is 4.90 Å². The van der Waals surface area contributed by atoms with Crippen molar-refractivity contribution < 1.29 is 21.6 Å². The van der Waals surface area contributed by atoms with E-state index in [1.165, 1.54) is 45.4 Å². The summed E-state index contributed by atoms with van der Waals surface area (Å²) < 4.78 is 54.3. The molecular weight excluding hydrogens is 458 g/mol. The summed E-state index contributed by atoms with van der Waals surface area (Å²) in [6.07, 6.45) is 1.57. The number of anilines is 1. The third-order valence-corrected chi connectivity index (χ3v) is 9.55. The predicted octanol–water partition coefficient (Wildman–Crippen LogP) is -1.43. The Bertz CT molecular complexity index is 1030. The van der Waals surface area contributed by atoms with Crippen LogP contribution in [0, 0.1) is 0 Å². The van der Waals surface area contributed by atoms with Gasteiger partial charge >= 0.3 is 0 Å². The minimum Gasteiger partial charge on any atom is -0.369 e. The maximum absolute atomic E-state index is 13.0. The highest BCUT2D eigenvalue weighted by atomic mass is 32.2. The smallest absolute Gasteiger partial charge is 0.281 e. The molecule has 2 aliphatic heterocycles. The molecule has 0 unspecified atom stereocenters. The molecule has 32 heavy (non-hydrogen) atoms. The van der Waals surface area contributed by atoms with Gasteiger partial charge in [0.25, 0.3) is 26.3 Å². The van der Waals surface area contributed by atoms with Gasteiger partial charge in [0.2, 0.25) is 0 Å². The SMILES string of the molecule is CN(C)S(=O)(=O)N1CCN(C(=O)c2cc(N3CCN(S(=O)(=O)N(C)C)CC3)ccn2)CC1. The summed E-state index contributed by atoms with van der Waals surface area (Å²) in [6.45, 7) is 2.76. The van der Waals surface area contributed by atoms with Crippen molar-refractivity contribution in [3.63, 3.8) is 0 Å². The molecule has 0 N–H and O–H groups in total. The zero-order valence-electron chi connectivity index (χ0n) is 18.9. The van der Waals surface area contributed by atoms with Crippen molar-refractivity contribution in [2.45, 2.75) is 0 Å². The van der Waals surface area contributed by atoms with Crippen molar-refractivity contribution in [2.24, 2.45) is 0 Å². The Morgan fingerprint density at radius 3 is 1.75 bits per heavy atom. The summed E-state index contributed by atoms with van der Waals surface area (Å²) in [6, 6.07) is 3.51. The minimum atomic E-state index is -3.50. The fraction of sp³-hybridized carbons (Fsp3) is 0.667. The monoisotopic (exact) mass is 489 g/mol. The van der Waals surface area contributed by atoms with E-state index in [2.05, 4.69) is 4.98 Å². The average molecular weight is 490 g/mol. The van der Waals surface area contributed by atoms with Crippen molar-refractivity contribution in [2.75, 3.05) is 85.4 Å². The number of carbonyl (C=O) groups excluding carboxylic acids is 1. The minimum absolute atomic E-state index is 0.230. The average Bonchev–Trinajstić information content (AvgIpc) is 2.78. The van der Waals surface area contributed by atoms with Gasteiger partial charge in [-0.1, -0.05) is 0 Å². The van der Waals surface area contributed by atoms with Gasteiger partial charge in [-0.3, -0.25) is 9.78 Å². The van der Waals surface area contributed by atoms with E-state index < -0.39 is 20.4 Å². The van der Waals surface area contributed by atoms with Crippen LogP contribution in [-0.4, -0.2) is 130 Å². The first-order valence-corrected chi connectivity index (χ1v) is 13.1. The number of pyridine rings is 1. The molecule has 0 bridgehead atoms. The Labute approximate surface area is 190 Å². The topological polar surface area (TPSA) is 118 Å². The largest absolute Gasteiger partial charge is 0.369 e. The molecule has 0 radical (unpaired) electrons. The lowest BCUT2D eigenvalue weighted by Crippen LogP contribution is -2.53. The van der Waals surface area contributed by atoms with Gasteiger partial charge in [-0.05, 0) is 12.1 Å². The highest BCUT2D eigenvalue weighted by Crippen LogP contribution is 2.20. The second-order valence-electron chi connectivity index (χ2n) is 8.06. The third kappa shape index (κ3) is 5.05. The van der Waals surface area contributed by atoms with Crippen LogP contribution >= 0.6 is 0 Å². The van der Waals surface area contributed by atoms with Gasteiger partial charge in [0.15, 0.2) is 0 Å². The Hall–Kier alpha value is -1.84. The van der Waals surface area contributed by atoms with Gasteiger partial charge in [-0.25, -0.2) is 0 Å². The number of hydrogen-bond acceptors (Lipinski definition) is 7. The van der Waals surface area contributed by atoms with Gasteiger partial charge in [0, 0.05) is 92.4 Å². The van der Waals surface area contributed by atoms with E-state index in [9.17, 15) is 21.6 Å². The first-order chi connectivity index (χ1) is 14.9. The quantitative estimate of drug-likeness (QED) is 0.481. The molecule has 0 saturated carbocycles. The molecular formula is C18H31N7O5S2. The van der Waals surface area contributed by atoms with Crippen LogP contribution in [0.25, 0.3) is 0 Å². The zero-order valence-corrected chi connectivity index (χ0v) is 20.5. The summed E-state index contributed by atoms with van der Waals surface area (Å²) in [5.74, 6) is -0.248. The molecule has 3 rings (SSSR count). The highest BCUT2D eigenvalue weighted by molar-refractivity contribution is 7.87. The van der Waals surface area contributed by atoms with E-state index in [4.69, 9.17) is 0 Å². The molecule has 0 aliphatic carbocycles. The lowest BCUT2D eigenvalue weighted by molar-refractivity contribution is 0.0689. The van der Waals surface area contributed by atoms with E-state index >= 15 is 0 Å². The second kappa shape index (κ2) is 9.57. The zero-order chi connectivity index (χ0) is 23.7. The molecule has 1 amide bonds. The summed E-state index contributed by atoms with van der Waals surface area (Å²) in [4.78, 5) is 20.8. The molecule has 1 aromatic rings. The van der Waals surface area contributed by atoms with Crippen molar-refractivity contribution in [3.05, 3.63) is 24.0 Å². The summed E-state index contributed by atoms with van der Waals surface area (Å²) in [5.41, 5.74) is 1.09. The highest BCUT2D eigenvalue weighted by Gasteiger charge is 2.32. The van der Waals surface area contributed by atoms with Crippen molar-refractivity contribution >= 4 is 32.0 Å². The van der Waals surface area contributed by atoms with Gasteiger partial charge < -0.3 is 9.80 Å². The molecule has 180 valence electrons. The van der Waals surface area contributed by atoms with E-state index in [0.717, 1.165) is 5.69 Å². The first kappa shape index (κ1) is 24.8. The van der Waals surface area contributed by atoms with Gasteiger partial charge in [-0.2, -0.15) is 34.1 Å². The van der Waals surface area contributed by atoms with Gasteiger partial charge in [0.1, 0.15) is 5.69 Å². The Morgan fingerprint density at radius 1 is 0.812 bits per heavy atom. The molecule has 3 heterocycles. The summed E-state index contributed by atoms with van der Waals surface area (Å²) in [5, 5.41) is 0. The van der Waals surface area contributed by atoms with E-state index in [1.54, 1.807) is 23.2 Å². The number of hydrogen-bond donors (Lipinski definition) is 0. The molecule has 0 atom stereocenters. The van der Waals surface area contributed by atoms with Crippen molar-refractivity contribution in [1.29, 1.82) is 0 Å². The Morgan fingerprint density at radius 2 is 1.28 bits per heavy atom. The number of amides is 1. The van der Waals surface area contributed by atoms with Gasteiger partial charge in [0.05, 0.1) is 0 Å². The van der Waals surface area contributed by atoms with Crippen LogP contribution in [0.15, 0.2) is 18.3 Å². The molecule has 2 aliphatic rings. The lowest BCUT2D eigenvalue weighted by Gasteiger charge is -2.36. The molecule has 1 aromatic heterocycles. The Balaban J connectivity index is 1.63. The summed E-state index contributed by atoms with van der Waals surface area (Å²) in [7, 11) is -0.951. The van der Waals surface area contributed by atoms with Crippen LogP contribution in [-0.2, 0) is 20.4 Å². The molecule has 12 nitrogen and oxygen atoms in total. The maximum atomic E-state index is 13.0. The fourth-order valence-electron chi connectivity index (χ4n) is 3.66. The first-order valence-electron chi connectivity index (χ1n) is 10.3. The number of rotatable bonds is 6. The van der Waals surface area contributed by atoms with Crippen molar-refractivity contribution in [3.8, 4) is 0 Å². The number of nitrogens with zero attached hydrogens (tertiary/aromatic N) is 7. The molecule has 0 aromatic carbocycles. The third-order valence-electron chi connectivity index (χ3n) is 5.67. The maximum Gasteiger partial charge on any atom is 0.281 e. The predicted molar refractivity (Wildman–Crippen MR) is 121 cm³/mol. The number of aromatic nitrogens is 1. The molecule has 0 spiro atoms. The molecule has 2 saturated heterocycles. The Kier molecular flexibility index (Phi) is 7.41. The number of piperazine rings is 2. The summed E-state index contributed by atoms with van der Waals surface area (Å²) >= 11 is 0. The lowest BCUT2D eigenvalue weighted by atomic mass is 10.2. The fourth-order valence-corrected chi connectivity index (χ4v) is 5.83. The second-order valence-corrected chi connectivity index (χ2v) is 12.3.